The van der Waals surface area contributed by atoms with Gasteiger partial charge in [0.05, 0.1) is 13.2 Å². The number of hydrogen-bond acceptors (Lipinski definition) is 10. The molecule has 11 nitrogen and oxygen atoms in total. The van der Waals surface area contributed by atoms with Crippen LogP contribution in [0.4, 0.5) is 0 Å². The molecule has 0 radical (unpaired) electrons. The molecule has 0 rings (SSSR count). The molecule has 0 amide bonds. The van der Waals surface area contributed by atoms with Crippen molar-refractivity contribution in [3.8, 4) is 0 Å². The first-order valence-corrected chi connectivity index (χ1v) is 26.4. The zero-order valence-corrected chi connectivity index (χ0v) is 40.8. The lowest BCUT2D eigenvalue weighted by Crippen LogP contribution is -2.18. The van der Waals surface area contributed by atoms with E-state index in [0.29, 0.717) is 19.4 Å². The van der Waals surface area contributed by atoms with Crippen molar-refractivity contribution in [1.82, 2.24) is 0 Å². The summed E-state index contributed by atoms with van der Waals surface area (Å²) in [4.78, 5) is 58.8. The minimum absolute atomic E-state index is 0.238. The van der Waals surface area contributed by atoms with E-state index in [1.165, 1.54) is 135 Å². The van der Waals surface area contributed by atoms with Crippen molar-refractivity contribution in [1.29, 1.82) is 0 Å². The maximum Gasteiger partial charge on any atom is 0.344 e. The lowest BCUT2D eigenvalue weighted by Gasteiger charge is -2.08. The standard InChI is InChI=1S/C53H96O11/c1-48(52(59)61-45-39-33-27-21-15-9-3-5-11-17-23-29-35-41-49(55)56)53(60)62-46-40-34-28-22-16-10-4-7-13-19-25-31-37-43-51(58)64-47-63-50(57)42-36-30-24-18-12-6-2-8-14-20-26-32-38-44-54/h54H,1-47H2,(H,55,56). The van der Waals surface area contributed by atoms with Crippen LogP contribution in [-0.2, 0) is 42.9 Å². The fraction of sp³-hybridized carbons (Fsp3) is 0.868. The van der Waals surface area contributed by atoms with Gasteiger partial charge in [0.1, 0.15) is 5.57 Å². The Hall–Kier alpha value is -2.95. The highest BCUT2D eigenvalue weighted by Gasteiger charge is 2.18. The van der Waals surface area contributed by atoms with Gasteiger partial charge in [-0.05, 0) is 38.5 Å². The van der Waals surface area contributed by atoms with Crippen LogP contribution in [-0.4, -0.2) is 66.7 Å². The number of aliphatic hydroxyl groups excluding tert-OH is 1. The van der Waals surface area contributed by atoms with Gasteiger partial charge in [0.2, 0.25) is 6.79 Å². The summed E-state index contributed by atoms with van der Waals surface area (Å²) in [5.74, 6) is -2.68. The molecule has 0 spiro atoms. The van der Waals surface area contributed by atoms with Gasteiger partial charge in [0, 0.05) is 25.9 Å². The summed E-state index contributed by atoms with van der Waals surface area (Å²) in [5, 5.41) is 17.5. The Labute approximate surface area is 390 Å². The highest BCUT2D eigenvalue weighted by molar-refractivity contribution is 6.13. The van der Waals surface area contributed by atoms with E-state index in [2.05, 4.69) is 6.58 Å². The van der Waals surface area contributed by atoms with Crippen molar-refractivity contribution >= 4 is 29.8 Å². The van der Waals surface area contributed by atoms with Crippen LogP contribution >= 0.6 is 0 Å². The smallest absolute Gasteiger partial charge is 0.344 e. The van der Waals surface area contributed by atoms with Gasteiger partial charge in [-0.1, -0.05) is 218 Å². The topological polar surface area (TPSA) is 163 Å². The number of unbranched alkanes of at least 4 members (excludes halogenated alkanes) is 36. The van der Waals surface area contributed by atoms with Gasteiger partial charge < -0.3 is 29.2 Å². The molecule has 0 atom stereocenters. The van der Waals surface area contributed by atoms with Crippen molar-refractivity contribution in [2.24, 2.45) is 0 Å². The third-order valence-corrected chi connectivity index (χ3v) is 12.0. The molecule has 0 fully saturated rings. The number of carbonyl (C=O) groups excluding carboxylic acids is 4. The van der Waals surface area contributed by atoms with E-state index >= 15 is 0 Å². The minimum Gasteiger partial charge on any atom is -0.481 e. The summed E-state index contributed by atoms with van der Waals surface area (Å²) in [6.45, 7) is 4.19. The molecule has 64 heavy (non-hydrogen) atoms. The predicted octanol–water partition coefficient (Wildman–Crippen LogP) is 14.1. The molecule has 0 aliphatic carbocycles. The zero-order chi connectivity index (χ0) is 46.8. The van der Waals surface area contributed by atoms with Gasteiger partial charge in [-0.25, -0.2) is 9.59 Å². The molecule has 2 N–H and O–H groups in total. The number of ether oxygens (including phenoxy) is 4. The van der Waals surface area contributed by atoms with Gasteiger partial charge in [-0.15, -0.1) is 0 Å². The average Bonchev–Trinajstić information content (AvgIpc) is 3.28. The molecule has 0 aliphatic rings. The largest absolute Gasteiger partial charge is 0.481 e. The number of aliphatic hydroxyl groups is 1. The highest BCUT2D eigenvalue weighted by atomic mass is 16.7. The van der Waals surface area contributed by atoms with E-state index < -0.39 is 17.9 Å². The van der Waals surface area contributed by atoms with Gasteiger partial charge >= 0.3 is 29.8 Å². The van der Waals surface area contributed by atoms with Crippen molar-refractivity contribution in [2.45, 2.75) is 270 Å². The zero-order valence-electron chi connectivity index (χ0n) is 40.8. The van der Waals surface area contributed by atoms with E-state index in [-0.39, 0.29) is 43.9 Å². The molecule has 374 valence electrons. The molecule has 0 aromatic heterocycles. The van der Waals surface area contributed by atoms with E-state index in [0.717, 1.165) is 116 Å². The summed E-state index contributed by atoms with van der Waals surface area (Å²) in [5.41, 5.74) is -0.238. The Kier molecular flexibility index (Phi) is 47.2. The van der Waals surface area contributed by atoms with Gasteiger partial charge in [-0.2, -0.15) is 0 Å². The van der Waals surface area contributed by atoms with Crippen LogP contribution in [0.2, 0.25) is 0 Å². The van der Waals surface area contributed by atoms with E-state index in [9.17, 15) is 24.0 Å². The molecular formula is C53H96O11. The van der Waals surface area contributed by atoms with Gasteiger partial charge in [0.25, 0.3) is 0 Å². The number of rotatable bonds is 51. The second-order valence-corrected chi connectivity index (χ2v) is 18.1. The number of carboxylic acid groups (broad SMARTS) is 1. The second kappa shape index (κ2) is 49.5. The summed E-state index contributed by atoms with van der Waals surface area (Å²) >= 11 is 0. The van der Waals surface area contributed by atoms with Crippen molar-refractivity contribution in [3.63, 3.8) is 0 Å². The average molecular weight is 909 g/mol. The molecule has 0 saturated heterocycles. The molecule has 0 bridgehead atoms. The first-order valence-electron chi connectivity index (χ1n) is 26.4. The molecule has 0 heterocycles. The summed E-state index contributed by atoms with van der Waals surface area (Å²) in [7, 11) is 0. The number of hydrogen-bond donors (Lipinski definition) is 2. The quantitative estimate of drug-likeness (QED) is 0.0114. The Bertz CT molecular complexity index is 1120. The van der Waals surface area contributed by atoms with Crippen LogP contribution in [0.3, 0.4) is 0 Å². The Morgan fingerprint density at radius 1 is 0.312 bits per heavy atom. The first kappa shape index (κ1) is 61.0. The van der Waals surface area contributed by atoms with Crippen LogP contribution in [0.5, 0.6) is 0 Å². The molecule has 0 saturated carbocycles. The molecule has 0 unspecified atom stereocenters. The number of aliphatic carboxylic acids is 1. The monoisotopic (exact) mass is 909 g/mol. The van der Waals surface area contributed by atoms with E-state index in [1.807, 2.05) is 0 Å². The fourth-order valence-corrected chi connectivity index (χ4v) is 7.86. The van der Waals surface area contributed by atoms with Crippen molar-refractivity contribution in [2.75, 3.05) is 26.6 Å². The maximum atomic E-state index is 12.2. The maximum absolute atomic E-state index is 12.2. The first-order chi connectivity index (χ1) is 31.3. The van der Waals surface area contributed by atoms with E-state index in [4.69, 9.17) is 29.2 Å². The SMILES string of the molecule is C=C(C(=O)OCCCCCCCCCCCCCCCC(=O)O)C(=O)OCCCCCCCCCCCCCCCC(=O)OCOC(=O)CCCCCCCCCCCCCCCO. The summed E-state index contributed by atoms with van der Waals surface area (Å²) in [6.07, 6.45) is 44.9. The van der Waals surface area contributed by atoms with Crippen LogP contribution < -0.4 is 0 Å². The normalized spacial score (nSPS) is 11.1. The third-order valence-electron chi connectivity index (χ3n) is 12.0. The molecular weight excluding hydrogens is 813 g/mol. The summed E-state index contributed by atoms with van der Waals surface area (Å²) < 4.78 is 20.6. The van der Waals surface area contributed by atoms with Crippen molar-refractivity contribution in [3.05, 3.63) is 12.2 Å². The highest BCUT2D eigenvalue weighted by Crippen LogP contribution is 2.16. The molecule has 0 aromatic rings. The fourth-order valence-electron chi connectivity index (χ4n) is 7.86. The minimum atomic E-state index is -0.699. The molecule has 0 aliphatic heterocycles. The Balaban J connectivity index is 3.42. The van der Waals surface area contributed by atoms with E-state index in [1.54, 1.807) is 0 Å². The predicted molar refractivity (Wildman–Crippen MR) is 257 cm³/mol. The Morgan fingerprint density at radius 3 is 0.812 bits per heavy atom. The van der Waals surface area contributed by atoms with Crippen LogP contribution in [0, 0.1) is 0 Å². The lowest BCUT2D eigenvalue weighted by atomic mass is 10.0. The van der Waals surface area contributed by atoms with Gasteiger partial charge in [0.15, 0.2) is 0 Å². The molecule has 11 heteroatoms. The molecule has 0 aromatic carbocycles. The van der Waals surface area contributed by atoms with Crippen LogP contribution in [0.1, 0.15) is 270 Å². The number of carbonyl (C=O) groups is 5. The summed E-state index contributed by atoms with van der Waals surface area (Å²) in [6, 6.07) is 0. The Morgan fingerprint density at radius 2 is 0.547 bits per heavy atom. The number of esters is 4. The van der Waals surface area contributed by atoms with Crippen LogP contribution in [0.25, 0.3) is 0 Å². The van der Waals surface area contributed by atoms with Crippen molar-refractivity contribution < 1.29 is 53.1 Å². The second-order valence-electron chi connectivity index (χ2n) is 18.1. The van der Waals surface area contributed by atoms with Crippen LogP contribution in [0.15, 0.2) is 12.2 Å². The lowest BCUT2D eigenvalue weighted by molar-refractivity contribution is -0.167. The van der Waals surface area contributed by atoms with Gasteiger partial charge in [-0.3, -0.25) is 14.4 Å². The third kappa shape index (κ3) is 47.0. The number of carboxylic acids is 1.